The van der Waals surface area contributed by atoms with Gasteiger partial charge in [0.2, 0.25) is 0 Å². The van der Waals surface area contributed by atoms with E-state index in [1.54, 1.807) is 38.5 Å². The number of carbonyl (C=O) groups is 2. The maximum absolute atomic E-state index is 12.9. The van der Waals surface area contributed by atoms with Gasteiger partial charge in [-0.2, -0.15) is 0 Å². The highest BCUT2D eigenvalue weighted by atomic mass is 16.5. The van der Waals surface area contributed by atoms with Gasteiger partial charge in [0.25, 0.3) is 0 Å². The van der Waals surface area contributed by atoms with Crippen molar-refractivity contribution in [1.82, 2.24) is 9.97 Å². The van der Waals surface area contributed by atoms with Gasteiger partial charge in [-0.15, -0.1) is 0 Å². The third-order valence-corrected chi connectivity index (χ3v) is 6.39. The molecule has 5 rings (SSSR count). The molecule has 0 saturated heterocycles. The molecule has 0 bridgehead atoms. The minimum atomic E-state index is -0.295. The lowest BCUT2D eigenvalue weighted by molar-refractivity contribution is -0.113. The number of anilines is 3. The molecule has 3 aromatic carbocycles. The fourth-order valence-electron chi connectivity index (χ4n) is 4.44. The number of ketones is 2. The van der Waals surface area contributed by atoms with Crippen molar-refractivity contribution in [3.05, 3.63) is 84.7 Å². The molecule has 0 radical (unpaired) electrons. The van der Waals surface area contributed by atoms with Gasteiger partial charge in [-0.05, 0) is 61.5 Å². The number of nitrogens with one attached hydrogen (secondary N) is 2. The first-order chi connectivity index (χ1) is 20.5. The number of ether oxygens (including phenoxy) is 4. The number of carbonyl (C=O) groups excluding carboxylic acids is 2. The molecular weight excluding hydrogens is 536 g/mol. The summed E-state index contributed by atoms with van der Waals surface area (Å²) in [5, 5.41) is 7.27. The number of methoxy groups -OCH3 is 2. The Hall–Kier alpha value is -5.22. The van der Waals surface area contributed by atoms with E-state index in [1.165, 1.54) is 24.6 Å². The van der Waals surface area contributed by atoms with Crippen LogP contribution >= 0.6 is 0 Å². The van der Waals surface area contributed by atoms with E-state index >= 15 is 0 Å². The Morgan fingerprint density at radius 3 is 2.55 bits per heavy atom. The van der Waals surface area contributed by atoms with Crippen LogP contribution in [0.15, 0.2) is 79.2 Å². The number of aromatic nitrogens is 2. The first-order valence-corrected chi connectivity index (χ1v) is 13.3. The van der Waals surface area contributed by atoms with Crippen LogP contribution < -0.4 is 24.8 Å². The summed E-state index contributed by atoms with van der Waals surface area (Å²) < 4.78 is 22.7. The highest BCUT2D eigenvalue weighted by Gasteiger charge is 2.21. The van der Waals surface area contributed by atoms with Crippen LogP contribution in [-0.2, 0) is 14.3 Å². The minimum Gasteiger partial charge on any atom is -0.493 e. The summed E-state index contributed by atoms with van der Waals surface area (Å²) in [7, 11) is 3.17. The number of nitrogens with zero attached hydrogens (tertiary/aromatic N) is 2. The van der Waals surface area contributed by atoms with Crippen molar-refractivity contribution in [2.45, 2.75) is 6.92 Å². The Bertz CT molecular complexity index is 1700. The second kappa shape index (κ2) is 13.0. The molecule has 42 heavy (non-hydrogen) atoms. The van der Waals surface area contributed by atoms with Crippen molar-refractivity contribution in [3.63, 3.8) is 0 Å². The van der Waals surface area contributed by atoms with Crippen molar-refractivity contribution in [3.8, 4) is 23.0 Å². The third kappa shape index (κ3) is 6.39. The molecule has 4 aromatic rings. The normalized spacial score (nSPS) is 12.7. The van der Waals surface area contributed by atoms with Crippen molar-refractivity contribution >= 4 is 45.2 Å². The predicted octanol–water partition coefficient (Wildman–Crippen LogP) is 5.72. The molecule has 0 unspecified atom stereocenters. The topological polar surface area (TPSA) is 121 Å². The van der Waals surface area contributed by atoms with Gasteiger partial charge in [-0.3, -0.25) is 9.59 Å². The quantitative estimate of drug-likeness (QED) is 0.163. The monoisotopic (exact) mass is 566 g/mol. The molecular formula is C32H30N4O6. The smallest absolute Gasteiger partial charge is 0.186 e. The highest BCUT2D eigenvalue weighted by Crippen LogP contribution is 2.38. The van der Waals surface area contributed by atoms with Crippen LogP contribution in [0.5, 0.6) is 23.0 Å². The molecule has 0 saturated carbocycles. The molecule has 1 aliphatic rings. The van der Waals surface area contributed by atoms with Crippen LogP contribution in [0.2, 0.25) is 0 Å². The van der Waals surface area contributed by atoms with Crippen LogP contribution in [0.4, 0.5) is 17.2 Å². The van der Waals surface area contributed by atoms with E-state index in [0.717, 1.165) is 12.2 Å². The summed E-state index contributed by atoms with van der Waals surface area (Å²) in [5.41, 5.74) is 2.85. The molecule has 10 nitrogen and oxygen atoms in total. The number of fused-ring (bicyclic) bond motifs is 1. The van der Waals surface area contributed by atoms with Gasteiger partial charge in [0.15, 0.2) is 23.1 Å². The molecule has 2 N–H and O–H groups in total. The van der Waals surface area contributed by atoms with Crippen molar-refractivity contribution in [1.29, 1.82) is 0 Å². The Labute approximate surface area is 243 Å². The molecule has 0 spiro atoms. The summed E-state index contributed by atoms with van der Waals surface area (Å²) >= 11 is 0. The number of rotatable bonds is 12. The second-order valence-corrected chi connectivity index (χ2v) is 9.24. The molecule has 1 aromatic heterocycles. The zero-order chi connectivity index (χ0) is 29.5. The van der Waals surface area contributed by atoms with Crippen molar-refractivity contribution in [2.24, 2.45) is 0 Å². The van der Waals surface area contributed by atoms with E-state index in [4.69, 9.17) is 18.9 Å². The SMILES string of the molecule is CCNc1cccc(Oc2ccc(Nc3ncnc4cc(OCCOC)c(OC)cc34)cc2C2=CC(=O)C=CC2=O)c1. The molecule has 0 fully saturated rings. The fraction of sp³-hybridized carbons (Fsp3) is 0.188. The summed E-state index contributed by atoms with van der Waals surface area (Å²) in [6.45, 7) is 3.56. The average Bonchev–Trinajstić information content (AvgIpc) is 2.99. The Kier molecular flexibility index (Phi) is 8.74. The predicted molar refractivity (Wildman–Crippen MR) is 161 cm³/mol. The second-order valence-electron chi connectivity index (χ2n) is 9.24. The lowest BCUT2D eigenvalue weighted by Gasteiger charge is -2.17. The van der Waals surface area contributed by atoms with Gasteiger partial charge < -0.3 is 29.6 Å². The van der Waals surface area contributed by atoms with E-state index in [0.29, 0.717) is 64.2 Å². The van der Waals surface area contributed by atoms with Gasteiger partial charge in [0.05, 0.1) is 19.2 Å². The van der Waals surface area contributed by atoms with Crippen LogP contribution in [0.3, 0.4) is 0 Å². The maximum atomic E-state index is 12.9. The number of hydrogen-bond acceptors (Lipinski definition) is 10. The van der Waals surface area contributed by atoms with E-state index in [-0.39, 0.29) is 17.1 Å². The summed E-state index contributed by atoms with van der Waals surface area (Å²) in [6, 6.07) is 16.4. The minimum absolute atomic E-state index is 0.232. The molecule has 0 amide bonds. The van der Waals surface area contributed by atoms with E-state index in [2.05, 4.69) is 20.6 Å². The Morgan fingerprint density at radius 1 is 0.857 bits per heavy atom. The summed E-state index contributed by atoms with van der Waals surface area (Å²) in [6.07, 6.45) is 5.29. The van der Waals surface area contributed by atoms with E-state index < -0.39 is 0 Å². The summed E-state index contributed by atoms with van der Waals surface area (Å²) in [4.78, 5) is 34.0. The van der Waals surface area contributed by atoms with Gasteiger partial charge in [-0.25, -0.2) is 9.97 Å². The van der Waals surface area contributed by atoms with Crippen molar-refractivity contribution in [2.75, 3.05) is 44.6 Å². The van der Waals surface area contributed by atoms with Crippen molar-refractivity contribution < 1.29 is 28.5 Å². The lowest BCUT2D eigenvalue weighted by atomic mass is 9.95. The zero-order valence-corrected chi connectivity index (χ0v) is 23.5. The molecule has 214 valence electrons. The van der Waals surface area contributed by atoms with Gasteiger partial charge in [0.1, 0.15) is 30.3 Å². The fourth-order valence-corrected chi connectivity index (χ4v) is 4.44. The van der Waals surface area contributed by atoms with Crippen LogP contribution in [0.25, 0.3) is 16.5 Å². The van der Waals surface area contributed by atoms with Crippen LogP contribution in [-0.4, -0.2) is 55.5 Å². The maximum Gasteiger partial charge on any atom is 0.186 e. The first-order valence-electron chi connectivity index (χ1n) is 13.3. The summed E-state index contributed by atoms with van der Waals surface area (Å²) in [5.74, 6) is 2.00. The average molecular weight is 567 g/mol. The number of hydrogen-bond donors (Lipinski definition) is 2. The van der Waals surface area contributed by atoms with Crippen LogP contribution in [0.1, 0.15) is 12.5 Å². The lowest BCUT2D eigenvalue weighted by Crippen LogP contribution is -2.08. The molecule has 1 aliphatic carbocycles. The molecule has 0 atom stereocenters. The van der Waals surface area contributed by atoms with Gasteiger partial charge in [-0.1, -0.05) is 6.07 Å². The molecule has 1 heterocycles. The largest absolute Gasteiger partial charge is 0.493 e. The van der Waals surface area contributed by atoms with Gasteiger partial charge >= 0.3 is 0 Å². The Balaban J connectivity index is 1.52. The molecule has 10 heteroatoms. The van der Waals surface area contributed by atoms with E-state index in [9.17, 15) is 9.59 Å². The first kappa shape index (κ1) is 28.3. The molecule has 0 aliphatic heterocycles. The standard InChI is InChI=1S/C32H30N4O6/c1-4-33-20-6-5-7-23(14-20)42-29-11-8-21(15-25(29)24-16-22(37)9-10-28(24)38)36-32-26-17-30(40-3)31(41-13-12-39-2)18-27(26)34-19-35-32/h5-11,14-19,33H,4,12-13H2,1-3H3,(H,34,35,36). The van der Waals surface area contributed by atoms with E-state index in [1.807, 2.05) is 37.3 Å². The number of allylic oxidation sites excluding steroid dienone is 4. The third-order valence-electron chi connectivity index (χ3n) is 6.39. The number of benzene rings is 3. The van der Waals surface area contributed by atoms with Crippen LogP contribution in [0, 0.1) is 0 Å². The zero-order valence-electron chi connectivity index (χ0n) is 23.5. The highest BCUT2D eigenvalue weighted by molar-refractivity contribution is 6.34. The van der Waals surface area contributed by atoms with Gasteiger partial charge in [0, 0.05) is 53.7 Å². The Morgan fingerprint density at radius 2 is 1.74 bits per heavy atom.